The number of amides is 2. The Kier molecular flexibility index (Phi) is 25.2. The fourth-order valence-electron chi connectivity index (χ4n) is 10.3. The number of nitrogens with one attached hydrogen (secondary N) is 2. The number of pyridine rings is 3. The topological polar surface area (TPSA) is 257 Å². The SMILES string of the molecule is C[N+](C)(C)CCNC(=O)CCc1cc(CN2CCN(Cc3cc(C#Cc4ccc(OCCCN)cc4)cc(P(=O)(O)c4ccccc4)n3)CCN(Cc3cc(CCC(=O)NCC[N+](C)(C)C)cc(P(=O)(O)c4ccccc4)n3)CC2)nc(P(=O)([O-])c2ccccc2)c1. The summed E-state index contributed by atoms with van der Waals surface area (Å²) in [5.74, 6) is 6.87. The van der Waals surface area contributed by atoms with Gasteiger partial charge in [0.25, 0.3) is 14.7 Å². The van der Waals surface area contributed by atoms with E-state index >= 15 is 0 Å². The monoisotopic (exact) mass is 1310 g/mol. The van der Waals surface area contributed by atoms with E-state index in [0.29, 0.717) is 126 Å². The van der Waals surface area contributed by atoms with E-state index in [4.69, 9.17) is 25.4 Å². The second-order valence-electron chi connectivity index (χ2n) is 25.4. The van der Waals surface area contributed by atoms with E-state index < -0.39 is 22.1 Å². The summed E-state index contributed by atoms with van der Waals surface area (Å²) in [6, 6.07) is 42.8. The first kappa shape index (κ1) is 70.8. The van der Waals surface area contributed by atoms with Crippen LogP contribution in [0.25, 0.3) is 0 Å². The van der Waals surface area contributed by atoms with E-state index in [-0.39, 0.29) is 82.9 Å². The lowest BCUT2D eigenvalue weighted by Gasteiger charge is -2.27. The fraction of sp³-hybridized carbons (Fsp3) is 0.377. The molecule has 2 amide bonds. The molecule has 1 aliphatic rings. The summed E-state index contributed by atoms with van der Waals surface area (Å²) in [7, 11) is -0.613. The van der Waals surface area contributed by atoms with Gasteiger partial charge in [-0.05, 0) is 122 Å². The summed E-state index contributed by atoms with van der Waals surface area (Å²) in [6.07, 6.45) is 1.58. The van der Waals surface area contributed by atoms with E-state index in [9.17, 15) is 38.0 Å². The molecule has 1 aliphatic heterocycles. The van der Waals surface area contributed by atoms with Gasteiger partial charge in [0.1, 0.15) is 16.6 Å². The maximum Gasteiger partial charge on any atom is 0.276 e. The number of nitrogens with zero attached hydrogens (tertiary/aromatic N) is 8. The highest BCUT2D eigenvalue weighted by molar-refractivity contribution is 7.73. The third-order valence-electron chi connectivity index (χ3n) is 15.6. The zero-order chi connectivity index (χ0) is 65.9. The Hall–Kier alpha value is -7.04. The van der Waals surface area contributed by atoms with Crippen LogP contribution in [0.1, 0.15) is 58.6 Å². The number of likely N-dealkylation sites (N-methyl/N-ethyl adjacent to an activating group) is 2. The number of carbonyl (C=O) groups is 2. The Bertz CT molecular complexity index is 3650. The molecule has 3 atom stereocenters. The van der Waals surface area contributed by atoms with E-state index in [1.807, 2.05) is 42.5 Å². The number of aryl methyl sites for hydroxylation is 2. The minimum absolute atomic E-state index is 0.00891. The van der Waals surface area contributed by atoms with Crippen LogP contribution in [-0.4, -0.2) is 181 Å². The van der Waals surface area contributed by atoms with Crippen molar-refractivity contribution in [3.05, 3.63) is 191 Å². The third-order valence-corrected chi connectivity index (χ3v) is 21.1. The summed E-state index contributed by atoms with van der Waals surface area (Å²) in [6.45, 7) is 7.02. The molecule has 0 spiro atoms. The second kappa shape index (κ2) is 32.7. The molecule has 0 aliphatic carbocycles. The number of hydrogen-bond donors (Lipinski definition) is 5. The van der Waals surface area contributed by atoms with Crippen molar-refractivity contribution in [3.8, 4) is 17.6 Å². The molecule has 4 aromatic carbocycles. The molecular formula is C69H89N11O9P3+. The molecule has 1 saturated heterocycles. The third kappa shape index (κ3) is 21.8. The summed E-state index contributed by atoms with van der Waals surface area (Å²) < 4.78 is 50.7. The van der Waals surface area contributed by atoms with Crippen LogP contribution < -0.4 is 58.2 Å². The van der Waals surface area contributed by atoms with Crippen LogP contribution in [0.5, 0.6) is 5.75 Å². The number of nitrogens with two attached hydrogens (primary N) is 1. The number of rotatable bonds is 28. The minimum Gasteiger partial charge on any atom is -0.792 e. The van der Waals surface area contributed by atoms with Gasteiger partial charge < -0.3 is 49.3 Å². The quantitative estimate of drug-likeness (QED) is 0.0204. The average molecular weight is 1310 g/mol. The van der Waals surface area contributed by atoms with Gasteiger partial charge in [0.15, 0.2) is 0 Å². The number of carbonyl (C=O) groups excluding carboxylic acids is 2. The molecule has 1 fully saturated rings. The molecule has 0 saturated carbocycles. The van der Waals surface area contributed by atoms with E-state index in [2.05, 4.69) is 79.5 Å². The van der Waals surface area contributed by atoms with Crippen molar-refractivity contribution in [3.63, 3.8) is 0 Å². The van der Waals surface area contributed by atoms with E-state index in [1.165, 1.54) is 0 Å². The molecule has 6 N–H and O–H groups in total. The standard InChI is InChI=1S/C69H88N11O9P3/c1-79(2,3)42-34-71-65(81)31-27-56-46-59(74-68(49-56)91(85,86)63-19-12-8-13-20-63)52-77-38-36-76(51-58-45-55(24-23-54-25-29-61(30-26-54)89-44-16-33-70)48-67(73-58)90(83,84)62-17-10-7-11-18-62)37-39-78(41-40-77)53-60-47-57(28-32-66(82)72-35-43-80(4,5)6)50-69(75-60)92(87,88)64-21-14-9-15-22-64/h7-15,17-22,25-26,29-30,45-50H,16,27-28,31-44,51-53,70H2,1-6H3,(H3-2,71,72,81,82,83,84,85,86,87,88)/p+1. The molecule has 488 valence electrons. The Morgan fingerprint density at radius 3 is 1.37 bits per heavy atom. The van der Waals surface area contributed by atoms with Gasteiger partial charge in [-0.25, -0.2) is 15.0 Å². The van der Waals surface area contributed by atoms with Crippen molar-refractivity contribution in [1.82, 2.24) is 40.3 Å². The molecule has 20 nitrogen and oxygen atoms in total. The molecule has 8 rings (SSSR count). The molecule has 4 heterocycles. The van der Waals surface area contributed by atoms with Gasteiger partial charge in [0.05, 0.1) is 105 Å². The van der Waals surface area contributed by atoms with Gasteiger partial charge in [-0.15, -0.1) is 0 Å². The van der Waals surface area contributed by atoms with Gasteiger partial charge in [-0.1, -0.05) is 78.6 Å². The summed E-state index contributed by atoms with van der Waals surface area (Å²) >= 11 is 0. The first-order valence-corrected chi connectivity index (χ1v) is 36.2. The number of quaternary nitrogens is 2. The second-order valence-corrected chi connectivity index (χ2v) is 31.7. The molecule has 3 aromatic heterocycles. The zero-order valence-electron chi connectivity index (χ0n) is 53.8. The summed E-state index contributed by atoms with van der Waals surface area (Å²) in [4.78, 5) is 86.0. The highest BCUT2D eigenvalue weighted by Gasteiger charge is 2.30. The average Bonchev–Trinajstić information content (AvgIpc) is 0.943. The highest BCUT2D eigenvalue weighted by atomic mass is 31.2. The minimum atomic E-state index is -4.47. The first-order valence-electron chi connectivity index (χ1n) is 31.2. The largest absolute Gasteiger partial charge is 0.792 e. The van der Waals surface area contributed by atoms with Crippen molar-refractivity contribution in [2.45, 2.75) is 51.7 Å². The van der Waals surface area contributed by atoms with Crippen LogP contribution in [0.4, 0.5) is 0 Å². The molecule has 0 radical (unpaired) electrons. The summed E-state index contributed by atoms with van der Waals surface area (Å²) in [5, 5.41) is 6.60. The Balaban J connectivity index is 1.15. The fourth-order valence-corrected chi connectivity index (χ4v) is 14.6. The van der Waals surface area contributed by atoms with Crippen LogP contribution in [-0.2, 0) is 55.8 Å². The van der Waals surface area contributed by atoms with Crippen molar-refractivity contribution < 1.29 is 51.7 Å². The molecule has 92 heavy (non-hydrogen) atoms. The van der Waals surface area contributed by atoms with Crippen molar-refractivity contribution in [2.75, 3.05) is 121 Å². The van der Waals surface area contributed by atoms with Gasteiger partial charge in [0.2, 0.25) is 11.8 Å². The normalized spacial score (nSPS) is 15.7. The van der Waals surface area contributed by atoms with E-state index in [0.717, 1.165) is 19.5 Å². The van der Waals surface area contributed by atoms with Crippen molar-refractivity contribution >= 4 is 66.1 Å². The van der Waals surface area contributed by atoms with Gasteiger partial charge >= 0.3 is 0 Å². The number of aromatic nitrogens is 3. The van der Waals surface area contributed by atoms with Crippen LogP contribution in [0.15, 0.2) is 152 Å². The van der Waals surface area contributed by atoms with Gasteiger partial charge in [-0.3, -0.25) is 33.4 Å². The molecule has 23 heteroatoms. The van der Waals surface area contributed by atoms with Gasteiger partial charge in [0, 0.05) is 98.8 Å². The number of hydrogen-bond acceptors (Lipinski definition) is 14. The Labute approximate surface area is 542 Å². The Morgan fingerprint density at radius 1 is 0.543 bits per heavy atom. The maximum absolute atomic E-state index is 14.6. The Morgan fingerprint density at radius 2 is 0.935 bits per heavy atom. The van der Waals surface area contributed by atoms with E-state index in [1.54, 1.807) is 109 Å². The number of ether oxygens (including phenoxy) is 1. The van der Waals surface area contributed by atoms with Crippen LogP contribution in [0, 0.1) is 11.8 Å². The highest BCUT2D eigenvalue weighted by Crippen LogP contribution is 2.39. The smallest absolute Gasteiger partial charge is 0.276 e. The first-order chi connectivity index (χ1) is 43.8. The maximum atomic E-state index is 14.6. The van der Waals surface area contributed by atoms with Crippen LogP contribution in [0.3, 0.4) is 0 Å². The van der Waals surface area contributed by atoms with Gasteiger partial charge in [-0.2, -0.15) is 0 Å². The molecule has 7 aromatic rings. The predicted octanol–water partition coefficient (Wildman–Crippen LogP) is 3.36. The molecule has 0 bridgehead atoms. The molecular weight excluding hydrogens is 1220 g/mol. The van der Waals surface area contributed by atoms with Crippen molar-refractivity contribution in [1.29, 1.82) is 0 Å². The van der Waals surface area contributed by atoms with Crippen LogP contribution in [0.2, 0.25) is 0 Å². The van der Waals surface area contributed by atoms with Crippen molar-refractivity contribution in [2.24, 2.45) is 5.73 Å². The lowest BCUT2D eigenvalue weighted by Crippen LogP contribution is -2.41. The zero-order valence-corrected chi connectivity index (χ0v) is 56.5. The number of benzene rings is 4. The summed E-state index contributed by atoms with van der Waals surface area (Å²) in [5.41, 5.74) is 9.62. The van der Waals surface area contributed by atoms with Crippen LogP contribution >= 0.6 is 22.1 Å². The lowest BCUT2D eigenvalue weighted by molar-refractivity contribution is -0.869. The molecule has 3 unspecified atom stereocenters. The predicted molar refractivity (Wildman–Crippen MR) is 363 cm³/mol. The lowest BCUT2D eigenvalue weighted by atomic mass is 10.1.